The zero-order valence-corrected chi connectivity index (χ0v) is 11.9. The number of anilines is 1. The van der Waals surface area contributed by atoms with Crippen LogP contribution in [0.5, 0.6) is 5.75 Å². The SMILES string of the molecule is O=[N+]([O-])c1cc(CNCCCNc2ncccn2)ccc1O. The van der Waals surface area contributed by atoms with Gasteiger partial charge in [-0.15, -0.1) is 0 Å². The quantitative estimate of drug-likeness (QED) is 0.386. The molecule has 2 rings (SSSR count). The second kappa shape index (κ2) is 7.89. The Morgan fingerprint density at radius 2 is 2.00 bits per heavy atom. The summed E-state index contributed by atoms with van der Waals surface area (Å²) >= 11 is 0. The molecule has 0 saturated heterocycles. The number of rotatable bonds is 8. The Kier molecular flexibility index (Phi) is 5.61. The van der Waals surface area contributed by atoms with Gasteiger partial charge in [0.05, 0.1) is 4.92 Å². The molecule has 3 N–H and O–H groups in total. The van der Waals surface area contributed by atoms with E-state index in [4.69, 9.17) is 0 Å². The van der Waals surface area contributed by atoms with Crippen LogP contribution in [0.25, 0.3) is 0 Å². The van der Waals surface area contributed by atoms with Gasteiger partial charge in [0.2, 0.25) is 5.95 Å². The number of hydrogen-bond donors (Lipinski definition) is 3. The monoisotopic (exact) mass is 303 g/mol. The van der Waals surface area contributed by atoms with Crippen LogP contribution in [-0.4, -0.2) is 33.1 Å². The summed E-state index contributed by atoms with van der Waals surface area (Å²) in [6.07, 6.45) is 4.20. The first-order chi connectivity index (χ1) is 10.7. The molecule has 0 amide bonds. The molecule has 0 atom stereocenters. The minimum atomic E-state index is -0.595. The molecule has 8 nitrogen and oxygen atoms in total. The maximum Gasteiger partial charge on any atom is 0.311 e. The van der Waals surface area contributed by atoms with E-state index < -0.39 is 4.92 Å². The average molecular weight is 303 g/mol. The fourth-order valence-corrected chi connectivity index (χ4v) is 1.86. The second-order valence-corrected chi connectivity index (χ2v) is 4.61. The van der Waals surface area contributed by atoms with Crippen LogP contribution in [0.3, 0.4) is 0 Å². The fourth-order valence-electron chi connectivity index (χ4n) is 1.86. The van der Waals surface area contributed by atoms with Gasteiger partial charge >= 0.3 is 5.69 Å². The summed E-state index contributed by atoms with van der Waals surface area (Å²) in [7, 11) is 0. The molecule has 0 aliphatic heterocycles. The molecule has 0 spiro atoms. The molecule has 1 aromatic carbocycles. The number of benzene rings is 1. The Hall–Kier alpha value is -2.74. The fraction of sp³-hybridized carbons (Fsp3) is 0.286. The van der Waals surface area contributed by atoms with Crippen molar-refractivity contribution in [3.63, 3.8) is 0 Å². The summed E-state index contributed by atoms with van der Waals surface area (Å²) < 4.78 is 0. The van der Waals surface area contributed by atoms with Crippen LogP contribution in [0, 0.1) is 10.1 Å². The van der Waals surface area contributed by atoms with Crippen LogP contribution >= 0.6 is 0 Å². The van der Waals surface area contributed by atoms with Crippen molar-refractivity contribution in [1.29, 1.82) is 0 Å². The summed E-state index contributed by atoms with van der Waals surface area (Å²) in [4.78, 5) is 18.2. The van der Waals surface area contributed by atoms with Crippen LogP contribution in [0.4, 0.5) is 11.6 Å². The van der Waals surface area contributed by atoms with Gasteiger partial charge in [-0.2, -0.15) is 0 Å². The molecule has 0 bridgehead atoms. The van der Waals surface area contributed by atoms with Crippen molar-refractivity contribution in [2.24, 2.45) is 0 Å². The smallest absolute Gasteiger partial charge is 0.311 e. The van der Waals surface area contributed by atoms with Crippen molar-refractivity contribution in [2.45, 2.75) is 13.0 Å². The molecular weight excluding hydrogens is 286 g/mol. The number of phenols is 1. The van der Waals surface area contributed by atoms with E-state index in [9.17, 15) is 15.2 Å². The normalized spacial score (nSPS) is 10.4. The number of nitro benzene ring substituents is 1. The van der Waals surface area contributed by atoms with E-state index in [1.54, 1.807) is 24.5 Å². The van der Waals surface area contributed by atoms with E-state index in [1.165, 1.54) is 12.1 Å². The molecular formula is C14H17N5O3. The predicted molar refractivity (Wildman–Crippen MR) is 81.6 cm³/mol. The van der Waals surface area contributed by atoms with Crippen LogP contribution < -0.4 is 10.6 Å². The predicted octanol–water partition coefficient (Wildman–Crippen LogP) is 1.68. The maximum atomic E-state index is 10.7. The number of hydrogen-bond acceptors (Lipinski definition) is 7. The second-order valence-electron chi connectivity index (χ2n) is 4.61. The van der Waals surface area contributed by atoms with Gasteiger partial charge < -0.3 is 15.7 Å². The number of aromatic hydroxyl groups is 1. The molecule has 22 heavy (non-hydrogen) atoms. The Bertz CT molecular complexity index is 621. The number of aromatic nitrogens is 2. The van der Waals surface area contributed by atoms with Crippen molar-refractivity contribution in [3.8, 4) is 5.75 Å². The molecule has 2 aromatic rings. The zero-order chi connectivity index (χ0) is 15.8. The van der Waals surface area contributed by atoms with Gasteiger partial charge in [0, 0.05) is 31.5 Å². The van der Waals surface area contributed by atoms with E-state index >= 15 is 0 Å². The molecule has 0 aliphatic carbocycles. The molecule has 0 fully saturated rings. The summed E-state index contributed by atoms with van der Waals surface area (Å²) in [5, 5.41) is 26.4. The van der Waals surface area contributed by atoms with E-state index in [0.29, 0.717) is 12.5 Å². The zero-order valence-electron chi connectivity index (χ0n) is 11.9. The minimum Gasteiger partial charge on any atom is -0.502 e. The van der Waals surface area contributed by atoms with Crippen LogP contribution in [0.15, 0.2) is 36.7 Å². The van der Waals surface area contributed by atoms with Gasteiger partial charge in [-0.25, -0.2) is 9.97 Å². The first kappa shape index (κ1) is 15.6. The van der Waals surface area contributed by atoms with Gasteiger partial charge in [-0.05, 0) is 30.7 Å². The Morgan fingerprint density at radius 3 is 2.73 bits per heavy atom. The third kappa shape index (κ3) is 4.67. The number of nitrogens with one attached hydrogen (secondary N) is 2. The van der Waals surface area contributed by atoms with Gasteiger partial charge in [-0.1, -0.05) is 6.07 Å². The Labute approximate surface area is 127 Å². The number of phenolic OH excluding ortho intramolecular Hbond substituents is 1. The lowest BCUT2D eigenvalue weighted by atomic mass is 10.2. The lowest BCUT2D eigenvalue weighted by molar-refractivity contribution is -0.385. The largest absolute Gasteiger partial charge is 0.502 e. The highest BCUT2D eigenvalue weighted by Gasteiger charge is 2.13. The van der Waals surface area contributed by atoms with Gasteiger partial charge in [0.15, 0.2) is 5.75 Å². The summed E-state index contributed by atoms with van der Waals surface area (Å²) in [6.45, 7) is 1.98. The molecule has 0 aliphatic rings. The highest BCUT2D eigenvalue weighted by molar-refractivity contribution is 5.47. The first-order valence-electron chi connectivity index (χ1n) is 6.84. The summed E-state index contributed by atoms with van der Waals surface area (Å²) in [5.41, 5.74) is 0.478. The van der Waals surface area contributed by atoms with Crippen molar-refractivity contribution in [2.75, 3.05) is 18.4 Å². The van der Waals surface area contributed by atoms with Crippen molar-refractivity contribution in [1.82, 2.24) is 15.3 Å². The first-order valence-corrected chi connectivity index (χ1v) is 6.84. The van der Waals surface area contributed by atoms with Crippen molar-refractivity contribution < 1.29 is 10.0 Å². The van der Waals surface area contributed by atoms with E-state index in [2.05, 4.69) is 20.6 Å². The maximum absolute atomic E-state index is 10.7. The molecule has 116 valence electrons. The average Bonchev–Trinajstić information content (AvgIpc) is 2.53. The van der Waals surface area contributed by atoms with Gasteiger partial charge in [0.25, 0.3) is 0 Å². The van der Waals surface area contributed by atoms with E-state index in [-0.39, 0.29) is 11.4 Å². The van der Waals surface area contributed by atoms with Crippen LogP contribution in [-0.2, 0) is 6.54 Å². The highest BCUT2D eigenvalue weighted by atomic mass is 16.6. The Morgan fingerprint density at radius 1 is 1.23 bits per heavy atom. The standard InChI is InChI=1S/C14H17N5O3/c20-13-4-3-11(9-12(13)19(21)22)10-15-5-1-6-16-14-17-7-2-8-18-14/h2-4,7-9,15,20H,1,5-6,10H2,(H,16,17,18). The lowest BCUT2D eigenvalue weighted by Crippen LogP contribution is -2.18. The van der Waals surface area contributed by atoms with Crippen molar-refractivity contribution in [3.05, 3.63) is 52.3 Å². The lowest BCUT2D eigenvalue weighted by Gasteiger charge is -2.06. The number of nitrogens with zero attached hydrogens (tertiary/aromatic N) is 3. The minimum absolute atomic E-state index is 0.276. The molecule has 1 aromatic heterocycles. The third-order valence-corrected chi connectivity index (χ3v) is 2.94. The summed E-state index contributed by atoms with van der Waals surface area (Å²) in [6, 6.07) is 6.12. The summed E-state index contributed by atoms with van der Waals surface area (Å²) in [5.74, 6) is 0.275. The molecule has 8 heteroatoms. The van der Waals surface area contributed by atoms with E-state index in [0.717, 1.165) is 25.1 Å². The Balaban J connectivity index is 1.68. The molecule has 0 saturated carbocycles. The molecule has 0 radical (unpaired) electrons. The van der Waals surface area contributed by atoms with E-state index in [1.807, 2.05) is 0 Å². The topological polar surface area (TPSA) is 113 Å². The van der Waals surface area contributed by atoms with Gasteiger partial charge in [0.1, 0.15) is 0 Å². The highest BCUT2D eigenvalue weighted by Crippen LogP contribution is 2.26. The third-order valence-electron chi connectivity index (χ3n) is 2.94. The van der Waals surface area contributed by atoms with Crippen molar-refractivity contribution >= 4 is 11.6 Å². The molecule has 1 heterocycles. The molecule has 0 unspecified atom stereocenters. The number of nitro groups is 1. The van der Waals surface area contributed by atoms with Crippen LogP contribution in [0.1, 0.15) is 12.0 Å². The van der Waals surface area contributed by atoms with Gasteiger partial charge in [-0.3, -0.25) is 10.1 Å². The van der Waals surface area contributed by atoms with Crippen LogP contribution in [0.2, 0.25) is 0 Å².